The zero-order chi connectivity index (χ0) is 20.1. The van der Waals surface area contributed by atoms with E-state index < -0.39 is 4.92 Å². The summed E-state index contributed by atoms with van der Waals surface area (Å²) in [5.74, 6) is -0.484. The largest absolute Gasteiger partial charge is 0.326 e. The number of carbonyl (C=O) groups excluding carboxylic acids is 1. The fraction of sp³-hybridized carbons (Fsp3) is 0.350. The van der Waals surface area contributed by atoms with E-state index in [-0.39, 0.29) is 29.9 Å². The van der Waals surface area contributed by atoms with Crippen molar-refractivity contribution in [2.45, 2.75) is 19.4 Å². The predicted molar refractivity (Wildman–Crippen MR) is 105 cm³/mol. The first-order valence-electron chi connectivity index (χ1n) is 9.19. The fourth-order valence-electron chi connectivity index (χ4n) is 3.37. The number of nitro groups is 1. The van der Waals surface area contributed by atoms with Crippen LogP contribution in [0.4, 0.5) is 15.8 Å². The van der Waals surface area contributed by atoms with E-state index in [1.807, 2.05) is 6.07 Å². The van der Waals surface area contributed by atoms with Gasteiger partial charge in [-0.3, -0.25) is 19.8 Å². The van der Waals surface area contributed by atoms with Gasteiger partial charge in [0.25, 0.3) is 5.69 Å². The van der Waals surface area contributed by atoms with E-state index in [1.165, 1.54) is 24.3 Å². The molecule has 0 aliphatic carbocycles. The highest BCUT2D eigenvalue weighted by molar-refractivity contribution is 5.92. The summed E-state index contributed by atoms with van der Waals surface area (Å²) >= 11 is 0. The second-order valence-corrected chi connectivity index (χ2v) is 6.87. The average molecular weight is 386 g/mol. The molecule has 1 aliphatic heterocycles. The highest BCUT2D eigenvalue weighted by atomic mass is 19.1. The van der Waals surface area contributed by atoms with E-state index in [0.717, 1.165) is 24.2 Å². The lowest BCUT2D eigenvalue weighted by molar-refractivity contribution is -0.384. The van der Waals surface area contributed by atoms with E-state index >= 15 is 0 Å². The van der Waals surface area contributed by atoms with Gasteiger partial charge in [-0.15, -0.1) is 0 Å². The van der Waals surface area contributed by atoms with Crippen LogP contribution in [0.25, 0.3) is 0 Å². The molecule has 1 amide bonds. The zero-order valence-electron chi connectivity index (χ0n) is 15.7. The lowest BCUT2D eigenvalue weighted by atomic mass is 10.0. The zero-order valence-corrected chi connectivity index (χ0v) is 15.7. The van der Waals surface area contributed by atoms with Crippen molar-refractivity contribution in [1.82, 2.24) is 10.2 Å². The van der Waals surface area contributed by atoms with Crippen LogP contribution in [0, 0.1) is 22.9 Å². The number of nitro benzene ring substituents is 1. The van der Waals surface area contributed by atoms with Gasteiger partial charge in [0.15, 0.2) is 0 Å². The standard InChI is InChI=1S/C20H23FN4O3/c1-14-5-6-17(25(27)28)12-18(14)23-20(26)7-9-24-10-8-22-13-19(24)15-3-2-4-16(21)11-15/h2-6,11-12,19,22H,7-10,13H2,1H3,(H,23,26). The third-order valence-corrected chi connectivity index (χ3v) is 4.92. The lowest BCUT2D eigenvalue weighted by Gasteiger charge is -2.36. The van der Waals surface area contributed by atoms with Crippen LogP contribution in [0.3, 0.4) is 0 Å². The minimum atomic E-state index is -0.487. The molecule has 148 valence electrons. The van der Waals surface area contributed by atoms with Crippen molar-refractivity contribution in [2.24, 2.45) is 0 Å². The molecule has 1 saturated heterocycles. The SMILES string of the molecule is Cc1ccc([N+](=O)[O-])cc1NC(=O)CCN1CCNCC1c1cccc(F)c1. The minimum absolute atomic E-state index is 0.00296. The normalized spacial score (nSPS) is 17.3. The second-order valence-electron chi connectivity index (χ2n) is 6.87. The summed E-state index contributed by atoms with van der Waals surface area (Å²) in [6, 6.07) is 10.9. The molecule has 2 aromatic rings. The number of carbonyl (C=O) groups is 1. The van der Waals surface area contributed by atoms with Crippen molar-refractivity contribution >= 4 is 17.3 Å². The first kappa shape index (κ1) is 19.9. The smallest absolute Gasteiger partial charge is 0.271 e. The second kappa shape index (κ2) is 8.90. The van der Waals surface area contributed by atoms with Gasteiger partial charge in [0.05, 0.1) is 10.6 Å². The number of rotatable bonds is 6. The molecule has 1 fully saturated rings. The van der Waals surface area contributed by atoms with E-state index in [2.05, 4.69) is 15.5 Å². The van der Waals surface area contributed by atoms with Crippen LogP contribution in [-0.4, -0.2) is 41.9 Å². The Morgan fingerprint density at radius 3 is 2.93 bits per heavy atom. The number of hydrogen-bond acceptors (Lipinski definition) is 5. The molecule has 0 saturated carbocycles. The van der Waals surface area contributed by atoms with Crippen LogP contribution < -0.4 is 10.6 Å². The summed E-state index contributed by atoms with van der Waals surface area (Å²) in [7, 11) is 0. The van der Waals surface area contributed by atoms with Gasteiger partial charge in [0.2, 0.25) is 5.91 Å². The molecule has 0 aromatic heterocycles. The van der Waals surface area contributed by atoms with E-state index in [0.29, 0.717) is 18.8 Å². The number of amides is 1. The fourth-order valence-corrected chi connectivity index (χ4v) is 3.37. The van der Waals surface area contributed by atoms with Gasteiger partial charge in [-0.1, -0.05) is 18.2 Å². The molecular weight excluding hydrogens is 363 g/mol. The predicted octanol–water partition coefficient (Wildman–Crippen LogP) is 3.02. The molecule has 1 atom stereocenters. The Morgan fingerprint density at radius 1 is 1.36 bits per heavy atom. The van der Waals surface area contributed by atoms with E-state index in [4.69, 9.17) is 0 Å². The number of benzene rings is 2. The quantitative estimate of drug-likeness (QED) is 0.589. The Labute approximate surface area is 162 Å². The monoisotopic (exact) mass is 386 g/mol. The van der Waals surface area contributed by atoms with Gasteiger partial charge in [-0.05, 0) is 30.2 Å². The van der Waals surface area contributed by atoms with Gasteiger partial charge in [0.1, 0.15) is 5.82 Å². The molecule has 3 rings (SSSR count). The number of hydrogen-bond donors (Lipinski definition) is 2. The molecule has 2 aromatic carbocycles. The molecule has 0 bridgehead atoms. The summed E-state index contributed by atoms with van der Waals surface area (Å²) in [5, 5.41) is 17.0. The van der Waals surface area contributed by atoms with Crippen LogP contribution in [0.2, 0.25) is 0 Å². The molecule has 0 spiro atoms. The maximum atomic E-state index is 13.6. The van der Waals surface area contributed by atoms with Gasteiger partial charge in [0, 0.05) is 50.8 Å². The summed E-state index contributed by atoms with van der Waals surface area (Å²) in [4.78, 5) is 25.0. The summed E-state index contributed by atoms with van der Waals surface area (Å²) in [6.45, 7) is 4.55. The maximum Gasteiger partial charge on any atom is 0.271 e. The summed E-state index contributed by atoms with van der Waals surface area (Å²) in [5.41, 5.74) is 2.02. The van der Waals surface area contributed by atoms with Crippen molar-refractivity contribution in [1.29, 1.82) is 0 Å². The van der Waals surface area contributed by atoms with Crippen LogP contribution in [-0.2, 0) is 4.79 Å². The van der Waals surface area contributed by atoms with Gasteiger partial charge >= 0.3 is 0 Å². The van der Waals surface area contributed by atoms with Gasteiger partial charge in [-0.2, -0.15) is 0 Å². The first-order chi connectivity index (χ1) is 13.4. The summed E-state index contributed by atoms with van der Waals surface area (Å²) < 4.78 is 13.6. The Bertz CT molecular complexity index is 874. The third kappa shape index (κ3) is 4.90. The summed E-state index contributed by atoms with van der Waals surface area (Å²) in [6.07, 6.45) is 0.244. The van der Waals surface area contributed by atoms with E-state index in [9.17, 15) is 19.3 Å². The van der Waals surface area contributed by atoms with Crippen molar-refractivity contribution < 1.29 is 14.1 Å². The van der Waals surface area contributed by atoms with Crippen molar-refractivity contribution in [3.63, 3.8) is 0 Å². The molecule has 1 unspecified atom stereocenters. The Hall–Kier alpha value is -2.84. The molecule has 28 heavy (non-hydrogen) atoms. The van der Waals surface area contributed by atoms with Crippen LogP contribution in [0.5, 0.6) is 0 Å². The molecule has 2 N–H and O–H groups in total. The number of halogens is 1. The number of aryl methyl sites for hydroxylation is 1. The molecule has 8 heteroatoms. The Morgan fingerprint density at radius 2 is 2.18 bits per heavy atom. The average Bonchev–Trinajstić information content (AvgIpc) is 2.68. The minimum Gasteiger partial charge on any atom is -0.326 e. The highest BCUT2D eigenvalue weighted by Crippen LogP contribution is 2.24. The third-order valence-electron chi connectivity index (χ3n) is 4.92. The van der Waals surface area contributed by atoms with Crippen molar-refractivity contribution in [3.05, 3.63) is 69.5 Å². The number of piperazine rings is 1. The van der Waals surface area contributed by atoms with Crippen molar-refractivity contribution in [2.75, 3.05) is 31.5 Å². The molecule has 1 aliphatic rings. The van der Waals surface area contributed by atoms with E-state index in [1.54, 1.807) is 19.1 Å². The molecule has 7 nitrogen and oxygen atoms in total. The number of non-ortho nitro benzene ring substituents is 1. The Kier molecular flexibility index (Phi) is 6.33. The molecule has 1 heterocycles. The molecular formula is C20H23FN4O3. The number of nitrogens with zero attached hydrogens (tertiary/aromatic N) is 2. The lowest BCUT2D eigenvalue weighted by Crippen LogP contribution is -2.46. The maximum absolute atomic E-state index is 13.6. The number of anilines is 1. The highest BCUT2D eigenvalue weighted by Gasteiger charge is 2.24. The van der Waals surface area contributed by atoms with Crippen LogP contribution >= 0.6 is 0 Å². The van der Waals surface area contributed by atoms with Crippen LogP contribution in [0.1, 0.15) is 23.6 Å². The van der Waals surface area contributed by atoms with Crippen molar-refractivity contribution in [3.8, 4) is 0 Å². The van der Waals surface area contributed by atoms with Gasteiger partial charge in [-0.25, -0.2) is 4.39 Å². The van der Waals surface area contributed by atoms with Gasteiger partial charge < -0.3 is 10.6 Å². The molecule has 0 radical (unpaired) electrons. The first-order valence-corrected chi connectivity index (χ1v) is 9.19. The topological polar surface area (TPSA) is 87.5 Å². The van der Waals surface area contributed by atoms with Crippen LogP contribution in [0.15, 0.2) is 42.5 Å². The Balaban J connectivity index is 1.63. The number of nitrogens with one attached hydrogen (secondary N) is 2.